The number of nitrogens with zero attached hydrogens (tertiary/aromatic N) is 4. The molecule has 1 spiro atoms. The first-order chi connectivity index (χ1) is 18.7. The Morgan fingerprint density at radius 1 is 1.18 bits per heavy atom. The second-order valence-electron chi connectivity index (χ2n) is 12.9. The van der Waals surface area contributed by atoms with Crippen molar-refractivity contribution >= 4 is 11.5 Å². The van der Waals surface area contributed by atoms with Crippen molar-refractivity contribution in [3.05, 3.63) is 40.6 Å². The summed E-state index contributed by atoms with van der Waals surface area (Å²) >= 11 is 0. The summed E-state index contributed by atoms with van der Waals surface area (Å²) in [7, 11) is 0. The van der Waals surface area contributed by atoms with Crippen molar-refractivity contribution in [1.82, 2.24) is 14.9 Å². The molecule has 3 N–H and O–H groups in total. The van der Waals surface area contributed by atoms with Crippen molar-refractivity contribution < 1.29 is 19.0 Å². The number of anilines is 2. The van der Waals surface area contributed by atoms with Crippen LogP contribution in [-0.4, -0.2) is 70.1 Å². The van der Waals surface area contributed by atoms with Gasteiger partial charge >= 0.3 is 6.01 Å². The summed E-state index contributed by atoms with van der Waals surface area (Å²) in [6, 6.07) is 6.52. The third-order valence-corrected chi connectivity index (χ3v) is 9.85. The fraction of sp³-hybridized carbons (Fsp3) is 0.667. The number of ether oxygens (including phenoxy) is 2. The molecule has 4 atom stereocenters. The van der Waals surface area contributed by atoms with E-state index < -0.39 is 17.4 Å². The van der Waals surface area contributed by atoms with Crippen molar-refractivity contribution in [1.29, 1.82) is 0 Å². The number of fused-ring (bicyclic) bond motifs is 4. The molecule has 9 heteroatoms. The summed E-state index contributed by atoms with van der Waals surface area (Å²) in [6.45, 7) is 5.43. The Labute approximate surface area is 229 Å². The lowest BCUT2D eigenvalue weighted by molar-refractivity contribution is -0.0856. The van der Waals surface area contributed by atoms with Gasteiger partial charge in [-0.15, -0.1) is 0 Å². The molecule has 0 radical (unpaired) electrons. The number of aromatic nitrogens is 2. The minimum atomic E-state index is -0.804. The van der Waals surface area contributed by atoms with E-state index in [4.69, 9.17) is 25.2 Å². The van der Waals surface area contributed by atoms with E-state index >= 15 is 0 Å². The molecule has 2 aromatic rings. The van der Waals surface area contributed by atoms with Crippen molar-refractivity contribution in [2.24, 2.45) is 0 Å². The zero-order chi connectivity index (χ0) is 26.8. The number of β-amino-alcohol motifs (C(OH)–C–C–N with tert-alkyl or cyclic N) is 1. The molecule has 0 bridgehead atoms. The number of rotatable bonds is 4. The first-order valence-electron chi connectivity index (χ1n) is 14.7. The Hall–Kier alpha value is -2.49. The number of nitrogen functional groups attached to an aromatic ring is 1. The Balaban J connectivity index is 1.24. The minimum absolute atomic E-state index is 0.264. The number of aliphatic hydroxyl groups is 1. The summed E-state index contributed by atoms with van der Waals surface area (Å²) in [5.74, 6) is 0.800. The number of aryl methyl sites for hydroxylation is 1. The Bertz CT molecular complexity index is 1270. The highest BCUT2D eigenvalue weighted by molar-refractivity contribution is 5.54. The quantitative estimate of drug-likeness (QED) is 0.571. The number of nitrogens with two attached hydrogens (primary N) is 1. The highest BCUT2D eigenvalue weighted by Gasteiger charge is 2.50. The van der Waals surface area contributed by atoms with Gasteiger partial charge in [-0.3, -0.25) is 4.90 Å². The van der Waals surface area contributed by atoms with Gasteiger partial charge in [-0.25, -0.2) is 4.39 Å². The molecule has 39 heavy (non-hydrogen) atoms. The summed E-state index contributed by atoms with van der Waals surface area (Å²) in [5, 5.41) is 10.9. The molecule has 0 amide bonds. The van der Waals surface area contributed by atoms with Crippen LogP contribution in [-0.2, 0) is 29.8 Å². The van der Waals surface area contributed by atoms with Crippen LogP contribution in [0.2, 0.25) is 0 Å². The first kappa shape index (κ1) is 25.5. The third kappa shape index (κ3) is 4.46. The van der Waals surface area contributed by atoms with Crippen LogP contribution >= 0.6 is 0 Å². The van der Waals surface area contributed by atoms with Crippen LogP contribution in [0.4, 0.5) is 15.9 Å². The molecule has 1 aromatic heterocycles. The van der Waals surface area contributed by atoms with Gasteiger partial charge in [0.15, 0.2) is 0 Å². The van der Waals surface area contributed by atoms with E-state index in [1.54, 1.807) is 0 Å². The van der Waals surface area contributed by atoms with Gasteiger partial charge in [0.25, 0.3) is 0 Å². The predicted octanol–water partition coefficient (Wildman–Crippen LogP) is 3.67. The average molecular weight is 538 g/mol. The Kier molecular flexibility index (Phi) is 6.06. The van der Waals surface area contributed by atoms with Crippen molar-refractivity contribution in [3.63, 3.8) is 0 Å². The fourth-order valence-corrected chi connectivity index (χ4v) is 7.99. The van der Waals surface area contributed by atoms with E-state index in [-0.39, 0.29) is 5.54 Å². The van der Waals surface area contributed by atoms with Crippen LogP contribution in [0.3, 0.4) is 0 Å². The second-order valence-corrected chi connectivity index (χ2v) is 12.9. The molecule has 2 unspecified atom stereocenters. The number of halogens is 1. The lowest BCUT2D eigenvalue weighted by Gasteiger charge is -2.44. The maximum Gasteiger partial charge on any atom is 0.318 e. The van der Waals surface area contributed by atoms with E-state index in [1.807, 2.05) is 13.0 Å². The number of benzene rings is 1. The molecular formula is C30H40FN5O3. The molecule has 5 aliphatic rings. The zero-order valence-electron chi connectivity index (χ0n) is 22.9. The van der Waals surface area contributed by atoms with Gasteiger partial charge < -0.3 is 25.2 Å². The number of piperidine rings is 1. The molecule has 210 valence electrons. The molecule has 8 nitrogen and oxygen atoms in total. The highest BCUT2D eigenvalue weighted by atomic mass is 19.1. The predicted molar refractivity (Wildman–Crippen MR) is 147 cm³/mol. The van der Waals surface area contributed by atoms with E-state index in [0.29, 0.717) is 45.2 Å². The highest BCUT2D eigenvalue weighted by Crippen LogP contribution is 2.47. The van der Waals surface area contributed by atoms with E-state index in [0.717, 1.165) is 80.8 Å². The van der Waals surface area contributed by atoms with Crippen LogP contribution in [0.1, 0.15) is 74.3 Å². The normalized spacial score (nSPS) is 34.1. The van der Waals surface area contributed by atoms with Crippen LogP contribution in [0, 0.1) is 0 Å². The van der Waals surface area contributed by atoms with Crippen LogP contribution in [0.5, 0.6) is 6.01 Å². The zero-order valence-corrected chi connectivity index (χ0v) is 22.9. The van der Waals surface area contributed by atoms with Gasteiger partial charge in [0.2, 0.25) is 0 Å². The Morgan fingerprint density at radius 2 is 2.05 bits per heavy atom. The molecule has 1 aliphatic carbocycles. The van der Waals surface area contributed by atoms with Crippen LogP contribution < -0.4 is 15.4 Å². The average Bonchev–Trinajstić information content (AvgIpc) is 3.42. The molecule has 7 rings (SSSR count). The molecule has 4 aliphatic heterocycles. The molecule has 1 aromatic carbocycles. The number of alkyl halides is 1. The molecule has 3 saturated heterocycles. The number of hydrogen-bond donors (Lipinski definition) is 2. The Morgan fingerprint density at radius 3 is 2.92 bits per heavy atom. The third-order valence-electron chi connectivity index (χ3n) is 9.85. The van der Waals surface area contributed by atoms with E-state index in [9.17, 15) is 9.50 Å². The minimum Gasteiger partial charge on any atom is -0.461 e. The van der Waals surface area contributed by atoms with Gasteiger partial charge in [-0.1, -0.05) is 6.07 Å². The topological polar surface area (TPSA) is 97.0 Å². The van der Waals surface area contributed by atoms with Gasteiger partial charge in [-0.2, -0.15) is 9.97 Å². The summed E-state index contributed by atoms with van der Waals surface area (Å²) in [4.78, 5) is 14.3. The van der Waals surface area contributed by atoms with Gasteiger partial charge in [0.05, 0.1) is 29.0 Å². The molecule has 5 heterocycles. The van der Waals surface area contributed by atoms with Crippen molar-refractivity contribution in [2.45, 2.75) is 94.2 Å². The summed E-state index contributed by atoms with van der Waals surface area (Å²) < 4.78 is 27.5. The van der Waals surface area contributed by atoms with Crippen LogP contribution in [0.25, 0.3) is 0 Å². The maximum absolute atomic E-state index is 14.4. The lowest BCUT2D eigenvalue weighted by Crippen LogP contribution is -2.47. The van der Waals surface area contributed by atoms with Gasteiger partial charge in [0.1, 0.15) is 18.6 Å². The number of hydrogen-bond acceptors (Lipinski definition) is 8. The largest absolute Gasteiger partial charge is 0.461 e. The molecule has 3 fully saturated rings. The SMILES string of the molecule is C[C@@]1(O)CCCN(c2nc(OC[C@@]34CCCN3CC(F)C4)nc3c2COC2(CCCc4cc(N)ccc42)C3)C1. The maximum atomic E-state index is 14.4. The summed E-state index contributed by atoms with van der Waals surface area (Å²) in [5.41, 5.74) is 9.81. The molecular weight excluding hydrogens is 497 g/mol. The fourth-order valence-electron chi connectivity index (χ4n) is 7.99. The standard InChI is InChI=1S/C30H40FN5O3/c1-28(37)8-3-11-35(18-28)26-23-17-39-30(10-2-5-20-13-22(32)6-7-24(20)30)15-25(23)33-27(34-26)38-19-29-9-4-12-36(29)16-21(31)14-29/h6-7,13,21,37H,2-5,8-12,14-19,32H2,1H3/t21?,28-,29+,30?/m1/s1. The summed E-state index contributed by atoms with van der Waals surface area (Å²) in [6.07, 6.45) is 6.96. The van der Waals surface area contributed by atoms with E-state index in [2.05, 4.69) is 21.9 Å². The second kappa shape index (κ2) is 9.28. The monoisotopic (exact) mass is 537 g/mol. The first-order valence-corrected chi connectivity index (χ1v) is 14.7. The smallest absolute Gasteiger partial charge is 0.318 e. The van der Waals surface area contributed by atoms with Crippen LogP contribution in [0.15, 0.2) is 18.2 Å². The van der Waals surface area contributed by atoms with E-state index in [1.165, 1.54) is 11.1 Å². The van der Waals surface area contributed by atoms with Crippen molar-refractivity contribution in [2.75, 3.05) is 43.4 Å². The van der Waals surface area contributed by atoms with Gasteiger partial charge in [-0.05, 0) is 81.7 Å². The molecule has 0 saturated carbocycles. The van der Waals surface area contributed by atoms with Crippen molar-refractivity contribution in [3.8, 4) is 6.01 Å². The van der Waals surface area contributed by atoms with Gasteiger partial charge in [0, 0.05) is 43.7 Å². The lowest BCUT2D eigenvalue weighted by atomic mass is 9.74.